The van der Waals surface area contributed by atoms with Crippen molar-refractivity contribution in [3.05, 3.63) is 57.6 Å². The monoisotopic (exact) mass is 289 g/mol. The summed E-state index contributed by atoms with van der Waals surface area (Å²) in [6.45, 7) is 0. The molecule has 0 aromatic heterocycles. The maximum Gasteiger partial charge on any atom is 0.0991 e. The summed E-state index contributed by atoms with van der Waals surface area (Å²) in [6.07, 6.45) is 1.67. The second-order valence-corrected chi connectivity index (χ2v) is 4.63. The Hall–Kier alpha value is -2.02. The Labute approximate surface area is 120 Å². The van der Waals surface area contributed by atoms with E-state index >= 15 is 0 Å². The van der Waals surface area contributed by atoms with Crippen molar-refractivity contribution in [1.29, 1.82) is 5.26 Å². The zero-order chi connectivity index (χ0) is 13.8. The van der Waals surface area contributed by atoms with Crippen LogP contribution in [0.25, 0.3) is 0 Å². The summed E-state index contributed by atoms with van der Waals surface area (Å²) in [5.41, 5.74) is 8.10. The van der Waals surface area contributed by atoms with Crippen LogP contribution < -0.4 is 5.73 Å². The fourth-order valence-electron chi connectivity index (χ4n) is 1.44. The Bertz CT molecular complexity index is 647. The predicted octanol–water partition coefficient (Wildman–Crippen LogP) is 4.20. The van der Waals surface area contributed by atoms with Gasteiger partial charge in [0, 0.05) is 6.21 Å². The van der Waals surface area contributed by atoms with Gasteiger partial charge in [-0.2, -0.15) is 5.26 Å². The van der Waals surface area contributed by atoms with Gasteiger partial charge in [0.2, 0.25) is 0 Å². The number of anilines is 1. The molecular formula is C14H9Cl2N3. The van der Waals surface area contributed by atoms with Gasteiger partial charge in [-0.1, -0.05) is 35.3 Å². The number of rotatable bonds is 2. The highest BCUT2D eigenvalue weighted by molar-refractivity contribution is 6.39. The quantitative estimate of drug-likeness (QED) is 0.665. The number of nitrogen functional groups attached to an aromatic ring is 1. The van der Waals surface area contributed by atoms with E-state index in [1.165, 1.54) is 0 Å². The molecule has 0 bridgehead atoms. The van der Waals surface area contributed by atoms with Gasteiger partial charge in [-0.25, -0.2) is 0 Å². The van der Waals surface area contributed by atoms with Crippen molar-refractivity contribution in [1.82, 2.24) is 0 Å². The molecule has 0 aliphatic heterocycles. The number of halogens is 2. The molecular weight excluding hydrogens is 281 g/mol. The first kappa shape index (κ1) is 13.4. The molecule has 5 heteroatoms. The van der Waals surface area contributed by atoms with Crippen molar-refractivity contribution in [2.24, 2.45) is 4.99 Å². The van der Waals surface area contributed by atoms with E-state index in [9.17, 15) is 0 Å². The summed E-state index contributed by atoms with van der Waals surface area (Å²) in [4.78, 5) is 4.26. The smallest absolute Gasteiger partial charge is 0.0991 e. The minimum atomic E-state index is 0.348. The van der Waals surface area contributed by atoms with E-state index in [0.717, 1.165) is 5.56 Å². The normalized spacial score (nSPS) is 10.6. The first-order valence-electron chi connectivity index (χ1n) is 5.39. The second-order valence-electron chi connectivity index (χ2n) is 3.82. The number of nitrogens with two attached hydrogens (primary N) is 1. The SMILES string of the molecule is N#Cc1ccc(/C=N/c2cc(Cl)c(N)c(Cl)c2)cc1. The maximum atomic E-state index is 8.70. The average molecular weight is 290 g/mol. The van der Waals surface area contributed by atoms with Gasteiger partial charge in [0.05, 0.1) is 33.1 Å². The van der Waals surface area contributed by atoms with E-state index in [1.807, 2.05) is 12.1 Å². The third kappa shape index (κ3) is 3.25. The van der Waals surface area contributed by atoms with Crippen LogP contribution in [0.4, 0.5) is 11.4 Å². The van der Waals surface area contributed by atoms with E-state index in [1.54, 1.807) is 30.5 Å². The highest BCUT2D eigenvalue weighted by Gasteiger charge is 2.03. The van der Waals surface area contributed by atoms with Gasteiger partial charge in [-0.05, 0) is 29.8 Å². The van der Waals surface area contributed by atoms with Crippen LogP contribution in [0.15, 0.2) is 41.4 Å². The summed E-state index contributed by atoms with van der Waals surface area (Å²) >= 11 is 11.8. The highest BCUT2D eigenvalue weighted by atomic mass is 35.5. The maximum absolute atomic E-state index is 8.70. The van der Waals surface area contributed by atoms with Crippen LogP contribution in [-0.4, -0.2) is 6.21 Å². The molecule has 3 nitrogen and oxygen atoms in total. The zero-order valence-corrected chi connectivity index (χ0v) is 11.3. The molecule has 2 rings (SSSR count). The molecule has 0 fully saturated rings. The fourth-order valence-corrected chi connectivity index (χ4v) is 1.91. The largest absolute Gasteiger partial charge is 0.396 e. The average Bonchev–Trinajstić information content (AvgIpc) is 2.43. The molecule has 0 saturated carbocycles. The van der Waals surface area contributed by atoms with E-state index in [2.05, 4.69) is 11.1 Å². The van der Waals surface area contributed by atoms with E-state index in [4.69, 9.17) is 34.2 Å². The van der Waals surface area contributed by atoms with Crippen molar-refractivity contribution in [3.8, 4) is 6.07 Å². The van der Waals surface area contributed by atoms with Gasteiger partial charge in [0.1, 0.15) is 0 Å². The van der Waals surface area contributed by atoms with Crippen LogP contribution in [-0.2, 0) is 0 Å². The van der Waals surface area contributed by atoms with Crippen LogP contribution >= 0.6 is 23.2 Å². The minimum Gasteiger partial charge on any atom is -0.396 e. The number of nitrogens with zero attached hydrogens (tertiary/aromatic N) is 2. The van der Waals surface area contributed by atoms with Gasteiger partial charge in [0.15, 0.2) is 0 Å². The lowest BCUT2D eigenvalue weighted by molar-refractivity contribution is 1.48. The van der Waals surface area contributed by atoms with Crippen LogP contribution in [0.5, 0.6) is 0 Å². The van der Waals surface area contributed by atoms with Gasteiger partial charge in [0.25, 0.3) is 0 Å². The minimum absolute atomic E-state index is 0.348. The molecule has 0 aliphatic carbocycles. The molecule has 0 aliphatic rings. The third-order valence-electron chi connectivity index (χ3n) is 2.47. The third-order valence-corrected chi connectivity index (χ3v) is 3.09. The van der Waals surface area contributed by atoms with Gasteiger partial charge >= 0.3 is 0 Å². The molecule has 0 radical (unpaired) electrons. The van der Waals surface area contributed by atoms with E-state index in [0.29, 0.717) is 27.0 Å². The Kier molecular flexibility index (Phi) is 4.06. The van der Waals surface area contributed by atoms with Crippen LogP contribution in [0, 0.1) is 11.3 Å². The lowest BCUT2D eigenvalue weighted by atomic mass is 10.2. The summed E-state index contributed by atoms with van der Waals surface area (Å²) in [5.74, 6) is 0. The van der Waals surface area contributed by atoms with Crippen LogP contribution in [0.3, 0.4) is 0 Å². The van der Waals surface area contributed by atoms with Gasteiger partial charge < -0.3 is 5.73 Å². The van der Waals surface area contributed by atoms with Gasteiger partial charge in [-0.3, -0.25) is 4.99 Å². The molecule has 0 heterocycles. The highest BCUT2D eigenvalue weighted by Crippen LogP contribution is 2.32. The van der Waals surface area contributed by atoms with Crippen LogP contribution in [0.2, 0.25) is 10.0 Å². The fraction of sp³-hybridized carbons (Fsp3) is 0. The molecule has 19 heavy (non-hydrogen) atoms. The molecule has 2 aromatic carbocycles. The summed E-state index contributed by atoms with van der Waals surface area (Å²) in [7, 11) is 0. The summed E-state index contributed by atoms with van der Waals surface area (Å²) in [6, 6.07) is 12.4. The number of nitriles is 1. The van der Waals surface area contributed by atoms with Crippen molar-refractivity contribution in [2.45, 2.75) is 0 Å². The topological polar surface area (TPSA) is 62.2 Å². The molecule has 0 saturated heterocycles. The first-order valence-corrected chi connectivity index (χ1v) is 6.14. The molecule has 0 amide bonds. The molecule has 0 unspecified atom stereocenters. The Morgan fingerprint density at radius 3 is 2.21 bits per heavy atom. The molecule has 0 atom stereocenters. The summed E-state index contributed by atoms with van der Waals surface area (Å²) < 4.78 is 0. The lowest BCUT2D eigenvalue weighted by Crippen LogP contribution is -1.87. The number of hydrogen-bond acceptors (Lipinski definition) is 3. The molecule has 2 N–H and O–H groups in total. The molecule has 2 aromatic rings. The van der Waals surface area contributed by atoms with Crippen molar-refractivity contribution < 1.29 is 0 Å². The molecule has 0 spiro atoms. The van der Waals surface area contributed by atoms with E-state index in [-0.39, 0.29) is 0 Å². The van der Waals surface area contributed by atoms with Crippen molar-refractivity contribution in [3.63, 3.8) is 0 Å². The number of hydrogen-bond donors (Lipinski definition) is 1. The van der Waals surface area contributed by atoms with Crippen LogP contribution in [0.1, 0.15) is 11.1 Å². The summed E-state index contributed by atoms with van der Waals surface area (Å²) in [5, 5.41) is 9.45. The second kappa shape index (κ2) is 5.75. The molecule has 94 valence electrons. The standard InChI is InChI=1S/C14H9Cl2N3/c15-12-5-11(6-13(16)14(12)18)19-8-10-3-1-9(7-17)2-4-10/h1-6,8H,18H2/b19-8+. The Balaban J connectivity index is 2.25. The van der Waals surface area contributed by atoms with Crippen molar-refractivity contribution in [2.75, 3.05) is 5.73 Å². The lowest BCUT2D eigenvalue weighted by Gasteiger charge is -2.02. The predicted molar refractivity (Wildman–Crippen MR) is 79.3 cm³/mol. The number of aliphatic imine (C=N–C) groups is 1. The Morgan fingerprint density at radius 2 is 1.68 bits per heavy atom. The zero-order valence-electron chi connectivity index (χ0n) is 9.77. The van der Waals surface area contributed by atoms with Crippen molar-refractivity contribution >= 4 is 40.8 Å². The first-order chi connectivity index (χ1) is 9.10. The van der Waals surface area contributed by atoms with E-state index < -0.39 is 0 Å². The Morgan fingerprint density at radius 1 is 1.11 bits per heavy atom. The van der Waals surface area contributed by atoms with Gasteiger partial charge in [-0.15, -0.1) is 0 Å². The number of benzene rings is 2.